The topological polar surface area (TPSA) is 59.5 Å². The molecule has 0 radical (unpaired) electrons. The molecule has 0 atom stereocenters. The summed E-state index contributed by atoms with van der Waals surface area (Å²) in [6.45, 7) is 4.86. The van der Waals surface area contributed by atoms with Crippen LogP contribution >= 0.6 is 15.9 Å². The average molecular weight is 317 g/mol. The number of carbonyl (C=O) groups is 1. The third kappa shape index (κ3) is 3.14. The van der Waals surface area contributed by atoms with E-state index < -0.39 is 5.41 Å². The summed E-state index contributed by atoms with van der Waals surface area (Å²) in [5, 5.41) is 0. The molecule has 1 amide bonds. The van der Waals surface area contributed by atoms with Crippen molar-refractivity contribution < 1.29 is 9.21 Å². The van der Waals surface area contributed by atoms with E-state index >= 15 is 0 Å². The van der Waals surface area contributed by atoms with E-state index in [0.717, 1.165) is 18.6 Å². The first-order chi connectivity index (χ1) is 8.49. The molecule has 5 heteroatoms. The number of rotatable bonds is 6. The molecular formula is C13H21BrN2O2. The molecule has 102 valence electrons. The number of amides is 1. The molecule has 0 aromatic carbocycles. The van der Waals surface area contributed by atoms with Crippen molar-refractivity contribution in [3.05, 3.63) is 22.6 Å². The Labute approximate surface area is 117 Å². The van der Waals surface area contributed by atoms with Crippen molar-refractivity contribution in [1.82, 2.24) is 4.90 Å². The maximum Gasteiger partial charge on any atom is 0.230 e. The highest BCUT2D eigenvalue weighted by atomic mass is 79.9. The number of furan rings is 1. The Morgan fingerprint density at radius 3 is 2.44 bits per heavy atom. The fourth-order valence-electron chi connectivity index (χ4n) is 2.08. The zero-order valence-electron chi connectivity index (χ0n) is 11.2. The van der Waals surface area contributed by atoms with E-state index in [0.29, 0.717) is 17.8 Å². The summed E-state index contributed by atoms with van der Waals surface area (Å²) in [6.07, 6.45) is 1.51. The molecule has 4 nitrogen and oxygen atoms in total. The molecule has 1 heterocycles. The highest BCUT2D eigenvalue weighted by molar-refractivity contribution is 9.10. The third-order valence-electron chi connectivity index (χ3n) is 3.57. The van der Waals surface area contributed by atoms with E-state index in [4.69, 9.17) is 10.2 Å². The number of halogens is 1. The van der Waals surface area contributed by atoms with Gasteiger partial charge in [0.05, 0.1) is 12.0 Å². The molecule has 0 saturated heterocycles. The minimum absolute atomic E-state index is 0.0857. The zero-order valence-corrected chi connectivity index (χ0v) is 12.8. The van der Waals surface area contributed by atoms with Crippen LogP contribution in [-0.4, -0.2) is 24.4 Å². The van der Waals surface area contributed by atoms with Gasteiger partial charge in [-0.05, 0) is 40.9 Å². The Balaban J connectivity index is 2.76. The van der Waals surface area contributed by atoms with Gasteiger partial charge in [0.25, 0.3) is 0 Å². The lowest BCUT2D eigenvalue weighted by molar-refractivity contribution is -0.141. The molecule has 0 aliphatic rings. The van der Waals surface area contributed by atoms with Crippen molar-refractivity contribution in [3.63, 3.8) is 0 Å². The predicted molar refractivity (Wildman–Crippen MR) is 75.0 cm³/mol. The summed E-state index contributed by atoms with van der Waals surface area (Å²) in [5.74, 6) is 0.846. The number of carbonyl (C=O) groups excluding carboxylic acids is 1. The normalized spacial score (nSPS) is 11.6. The van der Waals surface area contributed by atoms with Gasteiger partial charge in [-0.15, -0.1) is 0 Å². The van der Waals surface area contributed by atoms with Gasteiger partial charge in [-0.3, -0.25) is 4.79 Å². The molecule has 2 N–H and O–H groups in total. The Hall–Kier alpha value is -0.810. The van der Waals surface area contributed by atoms with Crippen LogP contribution in [0.5, 0.6) is 0 Å². The van der Waals surface area contributed by atoms with E-state index in [2.05, 4.69) is 15.9 Å². The first-order valence-corrected chi connectivity index (χ1v) is 6.98. The highest BCUT2D eigenvalue weighted by Crippen LogP contribution is 2.28. The van der Waals surface area contributed by atoms with Crippen molar-refractivity contribution in [2.24, 2.45) is 11.1 Å². The molecule has 1 rings (SSSR count). The molecule has 0 spiro atoms. The first-order valence-electron chi connectivity index (χ1n) is 6.19. The maximum atomic E-state index is 12.5. The molecule has 0 aliphatic heterocycles. The van der Waals surface area contributed by atoms with Gasteiger partial charge in [-0.2, -0.15) is 0 Å². The average Bonchev–Trinajstić information content (AvgIpc) is 2.77. The van der Waals surface area contributed by atoms with Crippen LogP contribution in [0.25, 0.3) is 0 Å². The van der Waals surface area contributed by atoms with E-state index in [-0.39, 0.29) is 5.91 Å². The van der Waals surface area contributed by atoms with Crippen molar-refractivity contribution >= 4 is 21.8 Å². The maximum absolute atomic E-state index is 12.5. The quantitative estimate of drug-likeness (QED) is 0.877. The van der Waals surface area contributed by atoms with Gasteiger partial charge in [0.1, 0.15) is 5.76 Å². The van der Waals surface area contributed by atoms with Crippen LogP contribution in [0.4, 0.5) is 0 Å². The summed E-state index contributed by atoms with van der Waals surface area (Å²) in [4.78, 5) is 14.1. The van der Waals surface area contributed by atoms with Crippen LogP contribution in [0, 0.1) is 5.41 Å². The smallest absolute Gasteiger partial charge is 0.230 e. The first kappa shape index (κ1) is 15.2. The fraction of sp³-hybridized carbons (Fsp3) is 0.615. The minimum atomic E-state index is -0.446. The van der Waals surface area contributed by atoms with Crippen LogP contribution in [0.2, 0.25) is 0 Å². The number of hydrogen-bond donors (Lipinski definition) is 1. The van der Waals surface area contributed by atoms with Crippen molar-refractivity contribution in [2.45, 2.75) is 33.2 Å². The van der Waals surface area contributed by atoms with E-state index in [1.807, 2.05) is 26.0 Å². The molecule has 18 heavy (non-hydrogen) atoms. The SMILES string of the molecule is CCC(CC)(CN)C(=O)N(C)Cc1ccc(Br)o1. The van der Waals surface area contributed by atoms with Crippen molar-refractivity contribution in [2.75, 3.05) is 13.6 Å². The second-order valence-electron chi connectivity index (χ2n) is 4.56. The Kier molecular flexibility index (Phi) is 5.41. The molecule has 0 saturated carbocycles. The van der Waals surface area contributed by atoms with Crippen LogP contribution in [0.3, 0.4) is 0 Å². The van der Waals surface area contributed by atoms with Crippen LogP contribution < -0.4 is 5.73 Å². The molecule has 0 bridgehead atoms. The van der Waals surface area contributed by atoms with Crippen LogP contribution in [0.1, 0.15) is 32.4 Å². The standard InChI is InChI=1S/C13H21BrN2O2/c1-4-13(5-2,9-15)12(17)16(3)8-10-6-7-11(14)18-10/h6-7H,4-5,8-9,15H2,1-3H3. The van der Waals surface area contributed by atoms with Gasteiger partial charge < -0.3 is 15.1 Å². The Morgan fingerprint density at radius 2 is 2.06 bits per heavy atom. The predicted octanol–water partition coefficient (Wildman–Crippen LogP) is 2.77. The molecule has 0 aliphatic carbocycles. The van der Waals surface area contributed by atoms with Gasteiger partial charge in [-0.25, -0.2) is 0 Å². The zero-order chi connectivity index (χ0) is 13.8. The Morgan fingerprint density at radius 1 is 1.44 bits per heavy atom. The molecule has 0 unspecified atom stereocenters. The summed E-state index contributed by atoms with van der Waals surface area (Å²) in [6, 6.07) is 3.68. The van der Waals surface area contributed by atoms with Crippen molar-refractivity contribution in [1.29, 1.82) is 0 Å². The lowest BCUT2D eigenvalue weighted by Crippen LogP contribution is -2.45. The number of nitrogens with zero attached hydrogens (tertiary/aromatic N) is 1. The molecule has 1 aromatic heterocycles. The summed E-state index contributed by atoms with van der Waals surface area (Å²) in [7, 11) is 1.79. The lowest BCUT2D eigenvalue weighted by Gasteiger charge is -2.32. The summed E-state index contributed by atoms with van der Waals surface area (Å²) in [5.41, 5.74) is 5.34. The summed E-state index contributed by atoms with van der Waals surface area (Å²) < 4.78 is 6.08. The van der Waals surface area contributed by atoms with E-state index in [1.54, 1.807) is 11.9 Å². The lowest BCUT2D eigenvalue weighted by atomic mass is 9.81. The van der Waals surface area contributed by atoms with Gasteiger partial charge in [0.15, 0.2) is 4.67 Å². The number of nitrogens with two attached hydrogens (primary N) is 1. The van der Waals surface area contributed by atoms with Gasteiger partial charge in [0, 0.05) is 13.6 Å². The summed E-state index contributed by atoms with van der Waals surface area (Å²) >= 11 is 3.25. The molecular weight excluding hydrogens is 296 g/mol. The highest BCUT2D eigenvalue weighted by Gasteiger charge is 2.35. The van der Waals surface area contributed by atoms with E-state index in [9.17, 15) is 4.79 Å². The second kappa shape index (κ2) is 6.38. The Bertz CT molecular complexity index is 391. The molecule has 0 fully saturated rings. The van der Waals surface area contributed by atoms with Gasteiger partial charge >= 0.3 is 0 Å². The van der Waals surface area contributed by atoms with Crippen LogP contribution in [-0.2, 0) is 11.3 Å². The monoisotopic (exact) mass is 316 g/mol. The van der Waals surface area contributed by atoms with Crippen molar-refractivity contribution in [3.8, 4) is 0 Å². The third-order valence-corrected chi connectivity index (χ3v) is 3.99. The van der Waals surface area contributed by atoms with E-state index in [1.165, 1.54) is 0 Å². The largest absolute Gasteiger partial charge is 0.452 e. The molecule has 1 aromatic rings. The second-order valence-corrected chi connectivity index (χ2v) is 5.34. The van der Waals surface area contributed by atoms with Gasteiger partial charge in [0.2, 0.25) is 5.91 Å². The van der Waals surface area contributed by atoms with Crippen LogP contribution in [0.15, 0.2) is 21.2 Å². The van der Waals surface area contributed by atoms with Gasteiger partial charge in [-0.1, -0.05) is 13.8 Å². The minimum Gasteiger partial charge on any atom is -0.452 e. The fourth-order valence-corrected chi connectivity index (χ4v) is 2.42. The number of hydrogen-bond acceptors (Lipinski definition) is 3.